The van der Waals surface area contributed by atoms with Gasteiger partial charge in [-0.3, -0.25) is 4.79 Å². The van der Waals surface area contributed by atoms with Crippen LogP contribution < -0.4 is 5.32 Å². The van der Waals surface area contributed by atoms with Gasteiger partial charge in [0, 0.05) is 16.2 Å². The monoisotopic (exact) mass is 401 g/mol. The Kier molecular flexibility index (Phi) is 6.53. The first-order chi connectivity index (χ1) is 11.8. The maximum absolute atomic E-state index is 11.9. The van der Waals surface area contributed by atoms with Gasteiger partial charge in [-0.2, -0.15) is 0 Å². The molecule has 0 saturated carbocycles. The van der Waals surface area contributed by atoms with E-state index in [1.165, 1.54) is 6.08 Å². The average molecular weight is 402 g/mol. The average Bonchev–Trinajstić information content (AvgIpc) is 2.55. The largest absolute Gasteiger partial charge is 0.452 e. The molecule has 0 radical (unpaired) electrons. The lowest BCUT2D eigenvalue weighted by atomic mass is 10.1. The molecule has 0 atom stereocenters. The van der Waals surface area contributed by atoms with Gasteiger partial charge in [0.1, 0.15) is 0 Å². The fourth-order valence-corrected chi connectivity index (χ4v) is 2.88. The number of amides is 1. The van der Waals surface area contributed by atoms with E-state index in [4.69, 9.17) is 4.74 Å². The summed E-state index contributed by atoms with van der Waals surface area (Å²) in [4.78, 5) is 23.7. The number of halogens is 1. The molecule has 2 aromatic rings. The number of aryl methyl sites for hydroxylation is 3. The molecule has 0 fully saturated rings. The normalized spacial score (nSPS) is 10.7. The van der Waals surface area contributed by atoms with Crippen molar-refractivity contribution in [2.45, 2.75) is 20.8 Å². The van der Waals surface area contributed by atoms with E-state index in [9.17, 15) is 9.59 Å². The molecule has 2 aromatic carbocycles. The molecule has 0 aromatic heterocycles. The van der Waals surface area contributed by atoms with Crippen LogP contribution >= 0.6 is 15.9 Å². The van der Waals surface area contributed by atoms with Crippen molar-refractivity contribution in [2.75, 3.05) is 11.9 Å². The predicted octanol–water partition coefficient (Wildman–Crippen LogP) is 4.57. The van der Waals surface area contributed by atoms with Crippen molar-refractivity contribution in [3.63, 3.8) is 0 Å². The van der Waals surface area contributed by atoms with Gasteiger partial charge in [0.2, 0.25) is 0 Å². The zero-order chi connectivity index (χ0) is 18.4. The van der Waals surface area contributed by atoms with E-state index in [-0.39, 0.29) is 12.5 Å². The highest BCUT2D eigenvalue weighted by atomic mass is 79.9. The van der Waals surface area contributed by atoms with Crippen LogP contribution in [-0.2, 0) is 14.3 Å². The van der Waals surface area contributed by atoms with Crippen LogP contribution in [0.2, 0.25) is 0 Å². The molecule has 1 N–H and O–H groups in total. The molecule has 1 amide bonds. The van der Waals surface area contributed by atoms with Gasteiger partial charge in [-0.15, -0.1) is 0 Å². The summed E-state index contributed by atoms with van der Waals surface area (Å²) in [6.45, 7) is 5.56. The van der Waals surface area contributed by atoms with Crippen LogP contribution in [0, 0.1) is 20.8 Å². The fourth-order valence-electron chi connectivity index (χ4n) is 2.25. The standard InChI is InChI=1S/C20H20BrNO3/c1-13-5-8-18(15(3)10-13)22-19(23)12-25-20(24)9-7-16-6-4-14(2)11-17(16)21/h4-11H,12H2,1-3H3,(H,22,23)/b9-7+. The third-order valence-corrected chi connectivity index (χ3v) is 4.24. The van der Waals surface area contributed by atoms with Crippen molar-refractivity contribution in [2.24, 2.45) is 0 Å². The number of rotatable bonds is 5. The number of carbonyl (C=O) groups excluding carboxylic acids is 2. The highest BCUT2D eigenvalue weighted by Gasteiger charge is 2.07. The third-order valence-electron chi connectivity index (χ3n) is 3.56. The second kappa shape index (κ2) is 8.62. The summed E-state index contributed by atoms with van der Waals surface area (Å²) < 4.78 is 5.86. The van der Waals surface area contributed by atoms with Crippen molar-refractivity contribution in [3.05, 3.63) is 69.2 Å². The van der Waals surface area contributed by atoms with E-state index < -0.39 is 5.97 Å². The lowest BCUT2D eigenvalue weighted by molar-refractivity contribution is -0.142. The summed E-state index contributed by atoms with van der Waals surface area (Å²) >= 11 is 3.44. The summed E-state index contributed by atoms with van der Waals surface area (Å²) in [6.07, 6.45) is 2.95. The molecule has 130 valence electrons. The van der Waals surface area contributed by atoms with E-state index in [0.717, 1.165) is 26.7 Å². The Morgan fingerprint density at radius 2 is 1.76 bits per heavy atom. The summed E-state index contributed by atoms with van der Waals surface area (Å²) in [7, 11) is 0. The van der Waals surface area contributed by atoms with E-state index in [1.54, 1.807) is 6.08 Å². The molecule has 0 aliphatic heterocycles. The lowest BCUT2D eigenvalue weighted by Gasteiger charge is -2.09. The summed E-state index contributed by atoms with van der Waals surface area (Å²) in [5.41, 5.74) is 4.78. The Morgan fingerprint density at radius 1 is 1.08 bits per heavy atom. The number of benzene rings is 2. The maximum atomic E-state index is 11.9. The zero-order valence-electron chi connectivity index (χ0n) is 14.4. The van der Waals surface area contributed by atoms with Crippen LogP contribution in [0.25, 0.3) is 6.08 Å². The van der Waals surface area contributed by atoms with E-state index >= 15 is 0 Å². The van der Waals surface area contributed by atoms with Gasteiger partial charge in [-0.1, -0.05) is 45.8 Å². The van der Waals surface area contributed by atoms with Gasteiger partial charge < -0.3 is 10.1 Å². The Morgan fingerprint density at radius 3 is 2.44 bits per heavy atom. The molecule has 0 bridgehead atoms. The fraction of sp³-hybridized carbons (Fsp3) is 0.200. The van der Waals surface area contributed by atoms with Gasteiger partial charge in [-0.25, -0.2) is 4.79 Å². The minimum Gasteiger partial charge on any atom is -0.452 e. The SMILES string of the molecule is Cc1ccc(NC(=O)COC(=O)/C=C/c2ccc(C)cc2Br)c(C)c1. The van der Waals surface area contributed by atoms with E-state index in [1.807, 2.05) is 57.2 Å². The van der Waals surface area contributed by atoms with Gasteiger partial charge in [0.05, 0.1) is 0 Å². The number of esters is 1. The van der Waals surface area contributed by atoms with E-state index in [0.29, 0.717) is 5.69 Å². The van der Waals surface area contributed by atoms with Crippen LogP contribution in [0.5, 0.6) is 0 Å². The Hall–Kier alpha value is -2.40. The number of carbonyl (C=O) groups is 2. The molecule has 0 spiro atoms. The minimum absolute atomic E-state index is 0.328. The number of anilines is 1. The Labute approximate surface area is 156 Å². The number of ether oxygens (including phenoxy) is 1. The van der Waals surface area contributed by atoms with Crippen molar-refractivity contribution in [1.82, 2.24) is 0 Å². The second-order valence-electron chi connectivity index (χ2n) is 5.83. The summed E-state index contributed by atoms with van der Waals surface area (Å²) in [5.74, 6) is -0.937. The topological polar surface area (TPSA) is 55.4 Å². The Balaban J connectivity index is 1.86. The first-order valence-corrected chi connectivity index (χ1v) is 8.62. The van der Waals surface area contributed by atoms with Crippen LogP contribution in [0.1, 0.15) is 22.3 Å². The predicted molar refractivity (Wildman–Crippen MR) is 103 cm³/mol. The highest BCUT2D eigenvalue weighted by Crippen LogP contribution is 2.19. The number of nitrogens with one attached hydrogen (secondary N) is 1. The minimum atomic E-state index is -0.566. The van der Waals surface area contributed by atoms with Gasteiger partial charge >= 0.3 is 5.97 Å². The molecule has 5 heteroatoms. The number of hydrogen-bond donors (Lipinski definition) is 1. The Bertz CT molecular complexity index is 828. The zero-order valence-corrected chi connectivity index (χ0v) is 16.0. The summed E-state index contributed by atoms with van der Waals surface area (Å²) in [6, 6.07) is 11.5. The lowest BCUT2D eigenvalue weighted by Crippen LogP contribution is -2.20. The molecule has 0 saturated heterocycles. The van der Waals surface area contributed by atoms with Crippen molar-refractivity contribution in [1.29, 1.82) is 0 Å². The molecule has 0 aliphatic carbocycles. The van der Waals surface area contributed by atoms with Crippen LogP contribution in [0.15, 0.2) is 46.9 Å². The van der Waals surface area contributed by atoms with Crippen LogP contribution in [0.4, 0.5) is 5.69 Å². The molecular weight excluding hydrogens is 382 g/mol. The van der Waals surface area contributed by atoms with E-state index in [2.05, 4.69) is 21.2 Å². The van der Waals surface area contributed by atoms with Crippen LogP contribution in [-0.4, -0.2) is 18.5 Å². The summed E-state index contributed by atoms with van der Waals surface area (Å²) in [5, 5.41) is 2.73. The first kappa shape index (κ1) is 18.9. The second-order valence-corrected chi connectivity index (χ2v) is 6.69. The molecule has 0 unspecified atom stereocenters. The van der Waals surface area contributed by atoms with Crippen LogP contribution in [0.3, 0.4) is 0 Å². The molecule has 2 rings (SSSR count). The van der Waals surface area contributed by atoms with Gasteiger partial charge in [0.15, 0.2) is 6.61 Å². The smallest absolute Gasteiger partial charge is 0.331 e. The van der Waals surface area contributed by atoms with Crippen molar-refractivity contribution < 1.29 is 14.3 Å². The quantitative estimate of drug-likeness (QED) is 0.589. The number of hydrogen-bond acceptors (Lipinski definition) is 3. The van der Waals surface area contributed by atoms with Gasteiger partial charge in [-0.05, 0) is 55.7 Å². The first-order valence-electron chi connectivity index (χ1n) is 7.83. The maximum Gasteiger partial charge on any atom is 0.331 e. The molecule has 4 nitrogen and oxygen atoms in total. The highest BCUT2D eigenvalue weighted by molar-refractivity contribution is 9.10. The van der Waals surface area contributed by atoms with Gasteiger partial charge in [0.25, 0.3) is 5.91 Å². The molecule has 0 heterocycles. The molecule has 0 aliphatic rings. The molecule has 25 heavy (non-hydrogen) atoms. The molecular formula is C20H20BrNO3. The third kappa shape index (κ3) is 5.87. The van der Waals surface area contributed by atoms with Crippen molar-refractivity contribution in [3.8, 4) is 0 Å². The van der Waals surface area contributed by atoms with Crippen molar-refractivity contribution >= 4 is 39.6 Å².